The van der Waals surface area contributed by atoms with E-state index in [0.29, 0.717) is 13.0 Å². The zero-order valence-corrected chi connectivity index (χ0v) is 7.90. The van der Waals surface area contributed by atoms with Crippen LogP contribution in [0.4, 0.5) is 0 Å². The Labute approximate surface area is 83.1 Å². The second-order valence-electron chi connectivity index (χ2n) is 3.43. The maximum Gasteiger partial charge on any atom is 0.220 e. The molecule has 1 fully saturated rings. The molecule has 0 radical (unpaired) electrons. The Bertz CT molecular complexity index is 310. The first kappa shape index (κ1) is 9.06. The molecule has 1 saturated heterocycles. The van der Waals surface area contributed by atoms with Crippen LogP contribution in [0.1, 0.15) is 12.8 Å². The van der Waals surface area contributed by atoms with Gasteiger partial charge in [-0.3, -0.25) is 4.79 Å². The van der Waals surface area contributed by atoms with Crippen molar-refractivity contribution in [1.29, 1.82) is 0 Å². The SMILES string of the molecule is O=C1CC[C@@H](COc2ccccc2)N1. The van der Waals surface area contributed by atoms with Crippen LogP contribution in [0.5, 0.6) is 5.75 Å². The molecule has 1 aliphatic heterocycles. The van der Waals surface area contributed by atoms with Gasteiger partial charge in [0.2, 0.25) is 5.91 Å². The summed E-state index contributed by atoms with van der Waals surface area (Å²) in [5.41, 5.74) is 0. The molecule has 3 heteroatoms. The van der Waals surface area contributed by atoms with Crippen LogP contribution >= 0.6 is 0 Å². The van der Waals surface area contributed by atoms with Crippen molar-refractivity contribution in [3.63, 3.8) is 0 Å². The Kier molecular flexibility index (Phi) is 2.68. The van der Waals surface area contributed by atoms with Gasteiger partial charge in [-0.15, -0.1) is 0 Å². The summed E-state index contributed by atoms with van der Waals surface area (Å²) in [5.74, 6) is 0.986. The van der Waals surface area contributed by atoms with Gasteiger partial charge in [-0.2, -0.15) is 0 Å². The van der Waals surface area contributed by atoms with Gasteiger partial charge in [0.15, 0.2) is 0 Å². The standard InChI is InChI=1S/C11H13NO2/c13-11-7-6-9(12-11)8-14-10-4-2-1-3-5-10/h1-5,9H,6-8H2,(H,12,13)/t9-/m0/s1. The first-order valence-corrected chi connectivity index (χ1v) is 4.82. The zero-order valence-electron chi connectivity index (χ0n) is 7.90. The fourth-order valence-electron chi connectivity index (χ4n) is 1.52. The number of carbonyl (C=O) groups is 1. The number of ether oxygens (including phenoxy) is 1. The predicted molar refractivity (Wildman–Crippen MR) is 53.1 cm³/mol. The number of amides is 1. The summed E-state index contributed by atoms with van der Waals surface area (Å²) in [6.07, 6.45) is 1.51. The average molecular weight is 191 g/mol. The summed E-state index contributed by atoms with van der Waals surface area (Å²) in [7, 11) is 0. The van der Waals surface area contributed by atoms with E-state index in [1.54, 1.807) is 0 Å². The van der Waals surface area contributed by atoms with Crippen LogP contribution < -0.4 is 10.1 Å². The van der Waals surface area contributed by atoms with Gasteiger partial charge in [0.25, 0.3) is 0 Å². The third-order valence-corrected chi connectivity index (χ3v) is 2.28. The molecule has 74 valence electrons. The lowest BCUT2D eigenvalue weighted by molar-refractivity contribution is -0.119. The number of carbonyl (C=O) groups excluding carboxylic acids is 1. The fourth-order valence-corrected chi connectivity index (χ4v) is 1.52. The molecular formula is C11H13NO2. The second-order valence-corrected chi connectivity index (χ2v) is 3.43. The third-order valence-electron chi connectivity index (χ3n) is 2.28. The monoisotopic (exact) mass is 191 g/mol. The number of nitrogens with one attached hydrogen (secondary N) is 1. The number of rotatable bonds is 3. The van der Waals surface area contributed by atoms with Gasteiger partial charge in [0.05, 0.1) is 6.04 Å². The smallest absolute Gasteiger partial charge is 0.220 e. The first-order valence-electron chi connectivity index (χ1n) is 4.82. The zero-order chi connectivity index (χ0) is 9.80. The van der Waals surface area contributed by atoms with Crippen LogP contribution in [0.25, 0.3) is 0 Å². The van der Waals surface area contributed by atoms with Gasteiger partial charge in [-0.25, -0.2) is 0 Å². The first-order chi connectivity index (χ1) is 6.84. The van der Waals surface area contributed by atoms with Gasteiger partial charge in [-0.1, -0.05) is 18.2 Å². The normalized spacial score (nSPS) is 20.6. The highest BCUT2D eigenvalue weighted by atomic mass is 16.5. The van der Waals surface area contributed by atoms with E-state index < -0.39 is 0 Å². The largest absolute Gasteiger partial charge is 0.491 e. The summed E-state index contributed by atoms with van der Waals surface area (Å²) >= 11 is 0. The lowest BCUT2D eigenvalue weighted by atomic mass is 10.2. The lowest BCUT2D eigenvalue weighted by Gasteiger charge is -2.11. The van der Waals surface area contributed by atoms with E-state index in [0.717, 1.165) is 12.2 Å². The molecule has 1 heterocycles. The molecule has 3 nitrogen and oxygen atoms in total. The number of para-hydroxylation sites is 1. The van der Waals surface area contributed by atoms with E-state index in [2.05, 4.69) is 5.32 Å². The molecule has 14 heavy (non-hydrogen) atoms. The molecule has 0 saturated carbocycles. The summed E-state index contributed by atoms with van der Waals surface area (Å²) in [4.78, 5) is 10.9. The van der Waals surface area contributed by atoms with Crippen molar-refractivity contribution >= 4 is 5.91 Å². The highest BCUT2D eigenvalue weighted by molar-refractivity contribution is 5.78. The van der Waals surface area contributed by atoms with E-state index in [1.165, 1.54) is 0 Å². The van der Waals surface area contributed by atoms with Gasteiger partial charge >= 0.3 is 0 Å². The second kappa shape index (κ2) is 4.13. The maximum absolute atomic E-state index is 10.9. The highest BCUT2D eigenvalue weighted by Gasteiger charge is 2.20. The molecule has 0 spiro atoms. The van der Waals surface area contributed by atoms with Gasteiger partial charge in [0.1, 0.15) is 12.4 Å². The molecule has 1 aromatic carbocycles. The van der Waals surface area contributed by atoms with Crippen molar-refractivity contribution < 1.29 is 9.53 Å². The number of hydrogen-bond donors (Lipinski definition) is 1. The van der Waals surface area contributed by atoms with Crippen molar-refractivity contribution in [2.75, 3.05) is 6.61 Å². The average Bonchev–Trinajstić information content (AvgIpc) is 2.63. The van der Waals surface area contributed by atoms with Crippen molar-refractivity contribution in [3.05, 3.63) is 30.3 Å². The van der Waals surface area contributed by atoms with E-state index in [4.69, 9.17) is 4.74 Å². The van der Waals surface area contributed by atoms with E-state index in [-0.39, 0.29) is 11.9 Å². The topological polar surface area (TPSA) is 38.3 Å². The Morgan fingerprint density at radius 2 is 2.14 bits per heavy atom. The molecule has 1 aliphatic rings. The van der Waals surface area contributed by atoms with E-state index >= 15 is 0 Å². The van der Waals surface area contributed by atoms with E-state index in [1.807, 2.05) is 30.3 Å². The minimum absolute atomic E-state index is 0.131. The molecule has 0 aliphatic carbocycles. The summed E-state index contributed by atoms with van der Waals surface area (Å²) in [6.45, 7) is 0.565. The Hall–Kier alpha value is -1.51. The van der Waals surface area contributed by atoms with Gasteiger partial charge in [-0.05, 0) is 18.6 Å². The molecule has 0 bridgehead atoms. The van der Waals surface area contributed by atoms with Crippen molar-refractivity contribution in [2.45, 2.75) is 18.9 Å². The van der Waals surface area contributed by atoms with Crippen LogP contribution in [0, 0.1) is 0 Å². The Morgan fingerprint density at radius 3 is 2.79 bits per heavy atom. The maximum atomic E-state index is 10.9. The molecule has 1 aromatic rings. The quantitative estimate of drug-likeness (QED) is 0.783. The Morgan fingerprint density at radius 1 is 1.36 bits per heavy atom. The van der Waals surface area contributed by atoms with Gasteiger partial charge < -0.3 is 10.1 Å². The summed E-state index contributed by atoms with van der Waals surface area (Å²) in [6, 6.07) is 9.82. The number of benzene rings is 1. The minimum atomic E-state index is 0.131. The van der Waals surface area contributed by atoms with Crippen LogP contribution in [0.2, 0.25) is 0 Å². The molecule has 2 rings (SSSR count). The Balaban J connectivity index is 1.80. The molecule has 0 aromatic heterocycles. The summed E-state index contributed by atoms with van der Waals surface area (Å²) < 4.78 is 5.52. The highest BCUT2D eigenvalue weighted by Crippen LogP contribution is 2.11. The van der Waals surface area contributed by atoms with E-state index in [9.17, 15) is 4.79 Å². The molecule has 1 N–H and O–H groups in total. The fraction of sp³-hybridized carbons (Fsp3) is 0.364. The van der Waals surface area contributed by atoms with Gasteiger partial charge in [0, 0.05) is 6.42 Å². The molecule has 0 unspecified atom stereocenters. The van der Waals surface area contributed by atoms with Crippen LogP contribution in [0.3, 0.4) is 0 Å². The number of hydrogen-bond acceptors (Lipinski definition) is 2. The molecular weight excluding hydrogens is 178 g/mol. The predicted octanol–water partition coefficient (Wildman–Crippen LogP) is 1.34. The minimum Gasteiger partial charge on any atom is -0.491 e. The summed E-state index contributed by atoms with van der Waals surface area (Å²) in [5, 5.41) is 2.86. The van der Waals surface area contributed by atoms with Crippen molar-refractivity contribution in [1.82, 2.24) is 5.32 Å². The van der Waals surface area contributed by atoms with Crippen LogP contribution in [-0.2, 0) is 4.79 Å². The molecule has 1 amide bonds. The third kappa shape index (κ3) is 2.25. The lowest BCUT2D eigenvalue weighted by Crippen LogP contribution is -2.30. The van der Waals surface area contributed by atoms with Crippen LogP contribution in [-0.4, -0.2) is 18.6 Å². The molecule has 1 atom stereocenters. The van der Waals surface area contributed by atoms with Crippen molar-refractivity contribution in [3.8, 4) is 5.75 Å². The van der Waals surface area contributed by atoms with Crippen molar-refractivity contribution in [2.24, 2.45) is 0 Å². The van der Waals surface area contributed by atoms with Crippen LogP contribution in [0.15, 0.2) is 30.3 Å².